The van der Waals surface area contributed by atoms with E-state index < -0.39 is 0 Å². The molecule has 2 aromatic heterocycles. The number of imidazole rings is 2. The van der Waals surface area contributed by atoms with Crippen molar-refractivity contribution in [2.75, 3.05) is 13.1 Å². The highest BCUT2D eigenvalue weighted by Gasteiger charge is 2.44. The zero-order valence-electron chi connectivity index (χ0n) is 28.9. The van der Waals surface area contributed by atoms with Crippen LogP contribution in [0.4, 0.5) is 0 Å². The van der Waals surface area contributed by atoms with Crippen LogP contribution in [0.15, 0.2) is 36.7 Å². The van der Waals surface area contributed by atoms with Gasteiger partial charge in [0.2, 0.25) is 0 Å². The average molecular weight is 651 g/mol. The first kappa shape index (κ1) is 30.2. The van der Waals surface area contributed by atoms with Crippen LogP contribution in [-0.4, -0.2) is 33.0 Å². The molecule has 2 aromatic carbocycles. The summed E-state index contributed by atoms with van der Waals surface area (Å²) in [7, 11) is 0. The maximum absolute atomic E-state index is 4.90. The normalized spacial score (nSPS) is 24.8. The Morgan fingerprint density at radius 2 is 1.10 bits per heavy atom. The number of hydrogen-bond acceptors (Lipinski definition) is 4. The number of nitrogens with one attached hydrogen (secondary N) is 4. The Labute approximate surface area is 291 Å². The molecule has 4 heterocycles. The molecule has 4 fully saturated rings. The molecule has 2 atom stereocenters. The first-order chi connectivity index (χ1) is 24.1. The van der Waals surface area contributed by atoms with E-state index in [0.29, 0.717) is 22.9 Å². The number of aromatic amines is 2. The van der Waals surface area contributed by atoms with Gasteiger partial charge in [0.1, 0.15) is 17.3 Å². The van der Waals surface area contributed by atoms with Crippen LogP contribution < -0.4 is 10.6 Å². The first-order valence-electron chi connectivity index (χ1n) is 19.5. The van der Waals surface area contributed by atoms with Gasteiger partial charge in [-0.2, -0.15) is 0 Å². The van der Waals surface area contributed by atoms with Crippen LogP contribution in [-0.2, 0) is 25.7 Å². The fourth-order valence-corrected chi connectivity index (χ4v) is 11.0. The minimum atomic E-state index is 0.335. The summed E-state index contributed by atoms with van der Waals surface area (Å²) in [6, 6.07) is 10.4. The average Bonchev–Trinajstić information content (AvgIpc) is 3.97. The van der Waals surface area contributed by atoms with Crippen molar-refractivity contribution in [2.45, 2.75) is 121 Å². The van der Waals surface area contributed by atoms with Crippen molar-refractivity contribution in [1.29, 1.82) is 0 Å². The second-order valence-electron chi connectivity index (χ2n) is 16.6. The van der Waals surface area contributed by atoms with Gasteiger partial charge in [0, 0.05) is 11.1 Å². The van der Waals surface area contributed by atoms with Gasteiger partial charge in [0.15, 0.2) is 0 Å². The van der Waals surface area contributed by atoms with Crippen molar-refractivity contribution < 1.29 is 0 Å². The summed E-state index contributed by atoms with van der Waals surface area (Å²) in [5.41, 5.74) is 14.9. The zero-order valence-corrected chi connectivity index (χ0v) is 28.9. The molecular formula is C43H50N6. The van der Waals surface area contributed by atoms with Gasteiger partial charge in [0.25, 0.3) is 0 Å². The lowest BCUT2D eigenvalue weighted by Crippen LogP contribution is -2.24. The summed E-state index contributed by atoms with van der Waals surface area (Å²) in [5.74, 6) is 9.27. The number of fused-ring (bicyclic) bond motifs is 2. The number of rotatable bonds is 4. The summed E-state index contributed by atoms with van der Waals surface area (Å²) in [5, 5.41) is 7.19. The third kappa shape index (κ3) is 5.31. The summed E-state index contributed by atoms with van der Waals surface area (Å²) < 4.78 is 0. The molecule has 4 aliphatic carbocycles. The molecule has 6 aliphatic rings. The molecule has 10 rings (SSSR count). The Hall–Kier alpha value is -3.66. The zero-order chi connectivity index (χ0) is 32.4. The topological polar surface area (TPSA) is 81.4 Å². The van der Waals surface area contributed by atoms with Crippen LogP contribution >= 0.6 is 0 Å². The van der Waals surface area contributed by atoms with Crippen LogP contribution in [0.25, 0.3) is 22.4 Å². The molecule has 2 saturated carbocycles. The van der Waals surface area contributed by atoms with Gasteiger partial charge in [-0.15, -0.1) is 0 Å². The molecule has 2 spiro atoms. The maximum atomic E-state index is 4.90. The van der Waals surface area contributed by atoms with Crippen LogP contribution in [0.3, 0.4) is 0 Å². The third-order valence-electron chi connectivity index (χ3n) is 13.5. The van der Waals surface area contributed by atoms with E-state index in [2.05, 4.69) is 67.9 Å². The lowest BCUT2D eigenvalue weighted by atomic mass is 9.72. The fourth-order valence-electron chi connectivity index (χ4n) is 11.0. The highest BCUT2D eigenvalue weighted by Crippen LogP contribution is 2.55. The molecule has 0 bridgehead atoms. The molecule has 6 nitrogen and oxygen atoms in total. The van der Waals surface area contributed by atoms with Gasteiger partial charge >= 0.3 is 0 Å². The SMILES string of the molecule is C(#Cc1ccc(-c2ccc(-c3cnc([C@@H]4CCCN4)[nH]3)c3c2CC2(CCCCC2)C3)c2c1CC1(CCCC1)C2)c1cnc([C@@H]2CCCN2)[nH]1. The number of hydrogen-bond donors (Lipinski definition) is 4. The molecule has 0 radical (unpaired) electrons. The van der Waals surface area contributed by atoms with Crippen molar-refractivity contribution >= 4 is 0 Å². The van der Waals surface area contributed by atoms with Crippen molar-refractivity contribution in [3.05, 3.63) is 81.8 Å². The van der Waals surface area contributed by atoms with Gasteiger partial charge in [-0.1, -0.05) is 56.2 Å². The lowest BCUT2D eigenvalue weighted by molar-refractivity contribution is 0.203. The summed E-state index contributed by atoms with van der Waals surface area (Å²) in [6.45, 7) is 2.16. The molecule has 0 unspecified atom stereocenters. The van der Waals surface area contributed by atoms with Gasteiger partial charge in [0.05, 0.1) is 30.2 Å². The molecule has 4 N–H and O–H groups in total. The van der Waals surface area contributed by atoms with Gasteiger partial charge < -0.3 is 20.6 Å². The van der Waals surface area contributed by atoms with E-state index in [1.54, 1.807) is 16.7 Å². The van der Waals surface area contributed by atoms with Crippen LogP contribution in [0.5, 0.6) is 0 Å². The minimum Gasteiger partial charge on any atom is -0.341 e. The van der Waals surface area contributed by atoms with E-state index in [1.807, 2.05) is 6.20 Å². The first-order valence-corrected chi connectivity index (χ1v) is 19.5. The molecule has 4 aromatic rings. The smallest absolute Gasteiger partial charge is 0.124 e. The summed E-state index contributed by atoms with van der Waals surface area (Å²) in [4.78, 5) is 16.9. The van der Waals surface area contributed by atoms with Crippen LogP contribution in [0.1, 0.15) is 141 Å². The van der Waals surface area contributed by atoms with Crippen molar-refractivity contribution in [2.24, 2.45) is 10.8 Å². The number of benzene rings is 2. The number of H-pyrrole nitrogens is 2. The van der Waals surface area contributed by atoms with E-state index >= 15 is 0 Å². The number of nitrogens with zero attached hydrogens (tertiary/aromatic N) is 2. The van der Waals surface area contributed by atoms with E-state index in [-0.39, 0.29) is 0 Å². The molecular weight excluding hydrogens is 601 g/mol. The predicted octanol–water partition coefficient (Wildman–Crippen LogP) is 8.42. The van der Waals surface area contributed by atoms with Gasteiger partial charge in [-0.05, 0) is 146 Å². The van der Waals surface area contributed by atoms with Crippen LogP contribution in [0.2, 0.25) is 0 Å². The van der Waals surface area contributed by atoms with Crippen molar-refractivity contribution in [3.63, 3.8) is 0 Å². The van der Waals surface area contributed by atoms with E-state index in [9.17, 15) is 0 Å². The molecule has 2 saturated heterocycles. The highest BCUT2D eigenvalue weighted by atomic mass is 15.0. The van der Waals surface area contributed by atoms with E-state index in [1.165, 1.54) is 136 Å². The van der Waals surface area contributed by atoms with Crippen LogP contribution in [0, 0.1) is 22.7 Å². The third-order valence-corrected chi connectivity index (χ3v) is 13.5. The lowest BCUT2D eigenvalue weighted by Gasteiger charge is -2.33. The van der Waals surface area contributed by atoms with E-state index in [0.717, 1.165) is 36.9 Å². The van der Waals surface area contributed by atoms with Crippen molar-refractivity contribution in [1.82, 2.24) is 30.6 Å². The Bertz CT molecular complexity index is 1940. The Balaban J connectivity index is 1.05. The monoisotopic (exact) mass is 650 g/mol. The van der Waals surface area contributed by atoms with E-state index in [4.69, 9.17) is 4.98 Å². The fraction of sp³-hybridized carbons (Fsp3) is 0.535. The summed E-state index contributed by atoms with van der Waals surface area (Å²) >= 11 is 0. The Morgan fingerprint density at radius 3 is 1.78 bits per heavy atom. The van der Waals surface area contributed by atoms with Gasteiger partial charge in [-0.25, -0.2) is 9.97 Å². The molecule has 2 aliphatic heterocycles. The minimum absolute atomic E-state index is 0.335. The molecule has 49 heavy (non-hydrogen) atoms. The predicted molar refractivity (Wildman–Crippen MR) is 195 cm³/mol. The Kier molecular flexibility index (Phi) is 7.39. The number of aromatic nitrogens is 4. The van der Waals surface area contributed by atoms with Gasteiger partial charge in [-0.3, -0.25) is 0 Å². The molecule has 252 valence electrons. The summed E-state index contributed by atoms with van der Waals surface area (Å²) in [6.07, 6.45) is 25.9. The maximum Gasteiger partial charge on any atom is 0.124 e. The standard InChI is InChI=1S/C43H50N6/c1-2-16-43(17-3-1)24-35-31(14-15-32(36(35)25-43)39-27-47-41(49-39)38-9-7-21-45-38)30-13-11-28(33-22-42(23-34(30)33)18-4-5-19-42)10-12-29-26-46-40(48-29)37-8-6-20-44-37/h11,13-15,26-27,37-38,44-45H,1-9,16-25H2,(H,46,48)(H,47,49)/t37-,38-/m0/s1. The quantitative estimate of drug-likeness (QED) is 0.167. The highest BCUT2D eigenvalue weighted by molar-refractivity contribution is 5.81. The Morgan fingerprint density at radius 1 is 0.551 bits per heavy atom. The molecule has 6 heteroatoms. The van der Waals surface area contributed by atoms with Crippen molar-refractivity contribution in [3.8, 4) is 34.2 Å². The molecule has 0 amide bonds. The largest absolute Gasteiger partial charge is 0.341 e. The second kappa shape index (κ2) is 12.0. The second-order valence-corrected chi connectivity index (χ2v) is 16.6.